The first-order valence-corrected chi connectivity index (χ1v) is 13.4. The van der Waals surface area contributed by atoms with E-state index in [1.165, 1.54) is 22.3 Å². The van der Waals surface area contributed by atoms with Crippen LogP contribution in [0.3, 0.4) is 0 Å². The molecule has 0 aliphatic heterocycles. The number of carbonyl (C=O) groups excluding carboxylic acids is 2. The van der Waals surface area contributed by atoms with Gasteiger partial charge in [-0.25, -0.2) is 0 Å². The Morgan fingerprint density at radius 1 is 1.22 bits per heavy atom. The normalized spacial score (nSPS) is 13.4. The molecule has 200 valence electrons. The molecule has 0 saturated heterocycles. The Bertz CT molecular complexity index is 1210. The summed E-state index contributed by atoms with van der Waals surface area (Å²) in [5, 5.41) is 3.59. The zero-order valence-electron chi connectivity index (χ0n) is 21.7. The topological polar surface area (TPSA) is 62.3 Å². The monoisotopic (exact) mass is 533 g/mol. The molecule has 5 nitrogen and oxygen atoms in total. The van der Waals surface area contributed by atoms with E-state index in [-0.39, 0.29) is 24.3 Å². The molecule has 0 saturated carbocycles. The molecule has 3 rings (SSSR count). The van der Waals surface area contributed by atoms with Gasteiger partial charge in [-0.05, 0) is 55.2 Å². The Morgan fingerprint density at radius 2 is 1.92 bits per heavy atom. The molecule has 0 aliphatic rings. The van der Waals surface area contributed by atoms with Gasteiger partial charge in [-0.1, -0.05) is 33.1 Å². The van der Waals surface area contributed by atoms with Crippen molar-refractivity contribution < 1.29 is 22.8 Å². The van der Waals surface area contributed by atoms with Crippen LogP contribution >= 0.6 is 11.3 Å². The summed E-state index contributed by atoms with van der Waals surface area (Å²) >= 11 is 1.35. The number of aromatic nitrogens is 1. The van der Waals surface area contributed by atoms with E-state index in [4.69, 9.17) is 0 Å². The Hall–Kier alpha value is -2.94. The highest BCUT2D eigenvalue weighted by molar-refractivity contribution is 7.19. The van der Waals surface area contributed by atoms with Gasteiger partial charge < -0.3 is 15.0 Å². The smallest absolute Gasteiger partial charge is 0.377 e. The highest BCUT2D eigenvalue weighted by Crippen LogP contribution is 2.41. The second kappa shape index (κ2) is 12.5. The maximum atomic E-state index is 13.3. The minimum atomic E-state index is -4.44. The van der Waals surface area contributed by atoms with Crippen LogP contribution in [0.2, 0.25) is 0 Å². The zero-order chi connectivity index (χ0) is 27.2. The standard InChI is InChI=1S/C28H34F3N3O2S/c1-5-6-7-9-18(2)24(26-19(3)25-23(37-26)16-21(17-32-25)28(29,30)31)33-22-12-10-20(11-13-22)27(36)34(4)14-8-15-35/h10-13,15-18,24,33H,5-9,14H2,1-4H3. The minimum Gasteiger partial charge on any atom is -0.377 e. The van der Waals surface area contributed by atoms with Crippen LogP contribution in [0.1, 0.15) is 78.4 Å². The third-order valence-electron chi connectivity index (χ3n) is 6.62. The van der Waals surface area contributed by atoms with E-state index in [9.17, 15) is 22.8 Å². The summed E-state index contributed by atoms with van der Waals surface area (Å²) in [5.74, 6) is 0.0564. The molecular formula is C28H34F3N3O2S. The van der Waals surface area contributed by atoms with Crippen LogP contribution in [0.15, 0.2) is 36.5 Å². The lowest BCUT2D eigenvalue weighted by molar-refractivity contribution is -0.137. The second-order valence-corrected chi connectivity index (χ2v) is 10.6. The van der Waals surface area contributed by atoms with E-state index in [1.807, 2.05) is 19.1 Å². The molecule has 9 heteroatoms. The first kappa shape index (κ1) is 28.6. The molecule has 2 unspecified atom stereocenters. The number of hydrogen-bond acceptors (Lipinski definition) is 5. The van der Waals surface area contributed by atoms with Crippen molar-refractivity contribution in [2.75, 3.05) is 18.9 Å². The molecule has 2 atom stereocenters. The van der Waals surface area contributed by atoms with E-state index >= 15 is 0 Å². The number of fused-ring (bicyclic) bond motifs is 1. The van der Waals surface area contributed by atoms with Gasteiger partial charge >= 0.3 is 6.18 Å². The minimum absolute atomic E-state index is 0.123. The van der Waals surface area contributed by atoms with Crippen molar-refractivity contribution in [1.82, 2.24) is 9.88 Å². The molecule has 2 heterocycles. The van der Waals surface area contributed by atoms with E-state index in [1.54, 1.807) is 19.2 Å². The summed E-state index contributed by atoms with van der Waals surface area (Å²) in [7, 11) is 1.66. The number of thiophene rings is 1. The predicted molar refractivity (Wildman–Crippen MR) is 143 cm³/mol. The number of pyridine rings is 1. The fourth-order valence-electron chi connectivity index (χ4n) is 4.37. The van der Waals surface area contributed by atoms with Crippen molar-refractivity contribution in [3.05, 3.63) is 58.1 Å². The van der Waals surface area contributed by atoms with E-state index in [2.05, 4.69) is 24.1 Å². The average Bonchev–Trinajstić information content (AvgIpc) is 3.20. The fraction of sp³-hybridized carbons (Fsp3) is 0.464. The Kier molecular flexibility index (Phi) is 9.70. The zero-order valence-corrected chi connectivity index (χ0v) is 22.5. The molecule has 1 amide bonds. The lowest BCUT2D eigenvalue weighted by Crippen LogP contribution is -2.27. The molecule has 1 aromatic carbocycles. The van der Waals surface area contributed by atoms with Crippen molar-refractivity contribution in [3.63, 3.8) is 0 Å². The lowest BCUT2D eigenvalue weighted by Gasteiger charge is -2.26. The number of amides is 1. The van der Waals surface area contributed by atoms with Crippen LogP contribution in [0.5, 0.6) is 0 Å². The van der Waals surface area contributed by atoms with Crippen LogP contribution in [0, 0.1) is 12.8 Å². The highest BCUT2D eigenvalue weighted by Gasteiger charge is 2.32. The number of carbonyl (C=O) groups is 2. The maximum absolute atomic E-state index is 13.3. The largest absolute Gasteiger partial charge is 0.417 e. The summed E-state index contributed by atoms with van der Waals surface area (Å²) in [6, 6.07) is 8.24. The van der Waals surface area contributed by atoms with Crippen LogP contribution in [0.25, 0.3) is 10.2 Å². The quantitative estimate of drug-likeness (QED) is 0.192. The van der Waals surface area contributed by atoms with Gasteiger partial charge in [0.2, 0.25) is 0 Å². The van der Waals surface area contributed by atoms with Crippen molar-refractivity contribution in [2.24, 2.45) is 5.92 Å². The van der Waals surface area contributed by atoms with Gasteiger partial charge in [0.25, 0.3) is 5.91 Å². The molecular weight excluding hydrogens is 499 g/mol. The predicted octanol–water partition coefficient (Wildman–Crippen LogP) is 7.65. The molecule has 1 N–H and O–H groups in total. The van der Waals surface area contributed by atoms with Gasteiger partial charge in [0.05, 0.1) is 21.8 Å². The number of anilines is 1. The van der Waals surface area contributed by atoms with Gasteiger partial charge in [0, 0.05) is 42.3 Å². The second-order valence-electron chi connectivity index (χ2n) is 9.51. The van der Waals surface area contributed by atoms with Crippen molar-refractivity contribution in [1.29, 1.82) is 0 Å². The Balaban J connectivity index is 1.91. The Morgan fingerprint density at radius 3 is 2.54 bits per heavy atom. The van der Waals surface area contributed by atoms with E-state index in [0.717, 1.165) is 54.3 Å². The summed E-state index contributed by atoms with van der Waals surface area (Å²) in [4.78, 5) is 29.9. The number of benzene rings is 1. The SMILES string of the molecule is CCCCCC(C)C(Nc1ccc(C(=O)N(C)CCC=O)cc1)c1sc2cc(C(F)(F)F)cnc2c1C. The fourth-order valence-corrected chi connectivity index (χ4v) is 5.77. The number of nitrogens with one attached hydrogen (secondary N) is 1. The van der Waals surface area contributed by atoms with E-state index in [0.29, 0.717) is 22.3 Å². The summed E-state index contributed by atoms with van der Waals surface area (Å²) < 4.78 is 40.4. The maximum Gasteiger partial charge on any atom is 0.417 e. The number of aryl methyl sites for hydroxylation is 1. The third kappa shape index (κ3) is 7.09. The molecule has 0 aliphatic carbocycles. The molecule has 0 bridgehead atoms. The van der Waals surface area contributed by atoms with Gasteiger partial charge in [-0.15, -0.1) is 11.3 Å². The van der Waals surface area contributed by atoms with E-state index < -0.39 is 11.7 Å². The molecule has 0 spiro atoms. The number of rotatable bonds is 12. The van der Waals surface area contributed by atoms with Crippen LogP contribution in [0.4, 0.5) is 18.9 Å². The molecule has 2 aromatic heterocycles. The average molecular weight is 534 g/mol. The lowest BCUT2D eigenvalue weighted by atomic mass is 9.92. The third-order valence-corrected chi connectivity index (χ3v) is 7.93. The summed E-state index contributed by atoms with van der Waals surface area (Å²) in [5.41, 5.74) is 2.08. The van der Waals surface area contributed by atoms with Gasteiger partial charge in [0.15, 0.2) is 0 Å². The van der Waals surface area contributed by atoms with Crippen molar-refractivity contribution >= 4 is 39.4 Å². The summed E-state index contributed by atoms with van der Waals surface area (Å²) in [6.07, 6.45) is 1.80. The van der Waals surface area contributed by atoms with Crippen LogP contribution in [-0.2, 0) is 11.0 Å². The van der Waals surface area contributed by atoms with Crippen molar-refractivity contribution in [2.45, 2.75) is 65.1 Å². The number of alkyl halides is 3. The number of aldehydes is 1. The first-order chi connectivity index (χ1) is 17.6. The number of nitrogens with zero attached hydrogens (tertiary/aromatic N) is 2. The van der Waals surface area contributed by atoms with Gasteiger partial charge in [-0.3, -0.25) is 9.78 Å². The van der Waals surface area contributed by atoms with Gasteiger partial charge in [-0.2, -0.15) is 13.2 Å². The van der Waals surface area contributed by atoms with Crippen LogP contribution < -0.4 is 5.32 Å². The van der Waals surface area contributed by atoms with Crippen molar-refractivity contribution in [3.8, 4) is 0 Å². The Labute approximate surface area is 220 Å². The summed E-state index contributed by atoms with van der Waals surface area (Å²) in [6.45, 7) is 6.58. The number of hydrogen-bond donors (Lipinski definition) is 1. The van der Waals surface area contributed by atoms with Gasteiger partial charge in [0.1, 0.15) is 6.29 Å². The number of halogens is 3. The highest BCUT2D eigenvalue weighted by atomic mass is 32.1. The first-order valence-electron chi connectivity index (χ1n) is 12.6. The molecule has 0 radical (unpaired) electrons. The molecule has 3 aromatic rings. The molecule has 0 fully saturated rings. The molecule has 37 heavy (non-hydrogen) atoms. The number of unbranched alkanes of at least 4 members (excludes halogenated alkanes) is 2. The van der Waals surface area contributed by atoms with Crippen LogP contribution in [-0.4, -0.2) is 35.7 Å².